The van der Waals surface area contributed by atoms with Crippen LogP contribution < -0.4 is 11.3 Å². The first-order valence-electron chi connectivity index (χ1n) is 4.53. The summed E-state index contributed by atoms with van der Waals surface area (Å²) in [5.41, 5.74) is 7.26. The van der Waals surface area contributed by atoms with Crippen molar-refractivity contribution < 1.29 is 0 Å². The minimum Gasteiger partial charge on any atom is -0.325 e. The Bertz CT molecular complexity index is 528. The Balaban J connectivity index is 2.83. The molecule has 3 nitrogen and oxygen atoms in total. The molecular weight excluding hydrogens is 176 g/mol. The van der Waals surface area contributed by atoms with Gasteiger partial charge in [-0.25, -0.2) is 0 Å². The molecule has 1 aromatic carbocycles. The topological polar surface area (TPSA) is 58.9 Å². The minimum absolute atomic E-state index is 0.0633. The van der Waals surface area contributed by atoms with Crippen molar-refractivity contribution in [2.75, 3.05) is 0 Å². The van der Waals surface area contributed by atoms with Crippen LogP contribution in [0.25, 0.3) is 10.8 Å². The Morgan fingerprint density at radius 3 is 2.86 bits per heavy atom. The molecule has 0 spiro atoms. The van der Waals surface area contributed by atoms with Crippen molar-refractivity contribution in [2.24, 2.45) is 5.73 Å². The molecule has 2 rings (SSSR count). The molecule has 0 aliphatic carbocycles. The zero-order valence-corrected chi connectivity index (χ0v) is 8.00. The van der Waals surface area contributed by atoms with Gasteiger partial charge in [-0.05, 0) is 24.4 Å². The molecule has 1 heterocycles. The molecule has 0 aliphatic heterocycles. The third-order valence-corrected chi connectivity index (χ3v) is 2.28. The van der Waals surface area contributed by atoms with E-state index in [1.165, 1.54) is 0 Å². The van der Waals surface area contributed by atoms with E-state index in [9.17, 15) is 4.79 Å². The van der Waals surface area contributed by atoms with E-state index < -0.39 is 0 Å². The van der Waals surface area contributed by atoms with Gasteiger partial charge in [0.1, 0.15) is 0 Å². The van der Waals surface area contributed by atoms with Crippen molar-refractivity contribution >= 4 is 10.8 Å². The van der Waals surface area contributed by atoms with E-state index in [2.05, 4.69) is 4.98 Å². The summed E-state index contributed by atoms with van der Waals surface area (Å²) in [6, 6.07) is 7.73. The number of nitrogens with two attached hydrogens (primary N) is 1. The van der Waals surface area contributed by atoms with E-state index in [1.54, 1.807) is 0 Å². The average Bonchev–Trinajstić information content (AvgIpc) is 2.19. The van der Waals surface area contributed by atoms with E-state index in [4.69, 9.17) is 5.73 Å². The molecule has 2 aromatic rings. The lowest BCUT2D eigenvalue weighted by molar-refractivity contribution is 0.983. The minimum atomic E-state index is -0.0633. The summed E-state index contributed by atoms with van der Waals surface area (Å²) in [7, 11) is 0. The molecule has 0 saturated heterocycles. The highest BCUT2D eigenvalue weighted by Crippen LogP contribution is 2.12. The van der Waals surface area contributed by atoms with Crippen LogP contribution in [0.4, 0.5) is 0 Å². The quantitative estimate of drug-likeness (QED) is 0.708. The second kappa shape index (κ2) is 3.27. The molecule has 3 heteroatoms. The second-order valence-corrected chi connectivity index (χ2v) is 3.42. The number of rotatable bonds is 1. The molecule has 1 aromatic heterocycles. The number of H-pyrrole nitrogens is 1. The standard InChI is InChI=1S/C11H12N2O/c1-7-2-3-8-5-9(6-12)13-11(14)10(8)4-7/h2-5H,6,12H2,1H3,(H,13,14). The van der Waals surface area contributed by atoms with Gasteiger partial charge in [0.05, 0.1) is 0 Å². The van der Waals surface area contributed by atoms with Gasteiger partial charge in [0.2, 0.25) is 0 Å². The van der Waals surface area contributed by atoms with Crippen LogP contribution in [-0.4, -0.2) is 4.98 Å². The lowest BCUT2D eigenvalue weighted by atomic mass is 10.1. The molecule has 0 bridgehead atoms. The van der Waals surface area contributed by atoms with Crippen LogP contribution in [0.3, 0.4) is 0 Å². The summed E-state index contributed by atoms with van der Waals surface area (Å²) < 4.78 is 0. The number of hydrogen-bond acceptors (Lipinski definition) is 2. The Labute approximate surface area is 81.6 Å². The first-order chi connectivity index (χ1) is 6.70. The number of aryl methyl sites for hydroxylation is 1. The molecular formula is C11H12N2O. The van der Waals surface area contributed by atoms with E-state index in [0.717, 1.165) is 22.0 Å². The van der Waals surface area contributed by atoms with E-state index in [-0.39, 0.29) is 5.56 Å². The highest BCUT2D eigenvalue weighted by Gasteiger charge is 2.00. The zero-order chi connectivity index (χ0) is 10.1. The Hall–Kier alpha value is -1.61. The van der Waals surface area contributed by atoms with E-state index in [1.807, 2.05) is 31.2 Å². The van der Waals surface area contributed by atoms with Crippen molar-refractivity contribution in [3.63, 3.8) is 0 Å². The van der Waals surface area contributed by atoms with Crippen molar-refractivity contribution in [2.45, 2.75) is 13.5 Å². The van der Waals surface area contributed by atoms with Gasteiger partial charge >= 0.3 is 0 Å². The fourth-order valence-corrected chi connectivity index (χ4v) is 1.54. The number of fused-ring (bicyclic) bond motifs is 1. The lowest BCUT2D eigenvalue weighted by Crippen LogP contribution is -2.11. The summed E-state index contributed by atoms with van der Waals surface area (Å²) >= 11 is 0. The summed E-state index contributed by atoms with van der Waals surface area (Å²) in [5.74, 6) is 0. The van der Waals surface area contributed by atoms with Crippen LogP contribution in [-0.2, 0) is 6.54 Å². The molecule has 0 aliphatic rings. The van der Waals surface area contributed by atoms with Crippen LogP contribution in [0.15, 0.2) is 29.1 Å². The van der Waals surface area contributed by atoms with Crippen LogP contribution in [0, 0.1) is 6.92 Å². The fraction of sp³-hybridized carbons (Fsp3) is 0.182. The zero-order valence-electron chi connectivity index (χ0n) is 8.00. The monoisotopic (exact) mass is 188 g/mol. The van der Waals surface area contributed by atoms with Gasteiger partial charge in [-0.1, -0.05) is 17.7 Å². The van der Waals surface area contributed by atoms with Gasteiger partial charge in [0.25, 0.3) is 5.56 Å². The Morgan fingerprint density at radius 2 is 2.14 bits per heavy atom. The summed E-state index contributed by atoms with van der Waals surface area (Å²) in [6.45, 7) is 2.33. The highest BCUT2D eigenvalue weighted by molar-refractivity contribution is 5.82. The van der Waals surface area contributed by atoms with E-state index >= 15 is 0 Å². The van der Waals surface area contributed by atoms with Gasteiger partial charge in [-0.2, -0.15) is 0 Å². The highest BCUT2D eigenvalue weighted by atomic mass is 16.1. The third-order valence-electron chi connectivity index (χ3n) is 2.28. The molecule has 0 atom stereocenters. The molecule has 0 unspecified atom stereocenters. The average molecular weight is 188 g/mol. The number of benzene rings is 1. The first kappa shape index (κ1) is 8.97. The summed E-state index contributed by atoms with van der Waals surface area (Å²) in [6.07, 6.45) is 0. The maximum Gasteiger partial charge on any atom is 0.256 e. The third kappa shape index (κ3) is 1.42. The van der Waals surface area contributed by atoms with Gasteiger partial charge in [0, 0.05) is 17.6 Å². The predicted molar refractivity (Wildman–Crippen MR) is 57.2 cm³/mol. The number of pyridine rings is 1. The molecule has 0 fully saturated rings. The summed E-state index contributed by atoms with van der Waals surface area (Å²) in [5, 5.41) is 1.67. The molecule has 72 valence electrons. The van der Waals surface area contributed by atoms with Crippen molar-refractivity contribution in [3.05, 3.63) is 45.9 Å². The number of hydrogen-bond donors (Lipinski definition) is 2. The maximum atomic E-state index is 11.6. The van der Waals surface area contributed by atoms with E-state index in [0.29, 0.717) is 6.54 Å². The molecule has 14 heavy (non-hydrogen) atoms. The van der Waals surface area contributed by atoms with Crippen molar-refractivity contribution in [3.8, 4) is 0 Å². The molecule has 0 amide bonds. The van der Waals surface area contributed by atoms with Crippen LogP contribution in [0.2, 0.25) is 0 Å². The number of aromatic nitrogens is 1. The fourth-order valence-electron chi connectivity index (χ4n) is 1.54. The second-order valence-electron chi connectivity index (χ2n) is 3.42. The first-order valence-corrected chi connectivity index (χ1v) is 4.53. The Kier molecular flexibility index (Phi) is 2.09. The Morgan fingerprint density at radius 1 is 1.36 bits per heavy atom. The van der Waals surface area contributed by atoms with Gasteiger partial charge in [-0.3, -0.25) is 4.79 Å². The van der Waals surface area contributed by atoms with Gasteiger partial charge in [0.15, 0.2) is 0 Å². The SMILES string of the molecule is Cc1ccc2cc(CN)[nH]c(=O)c2c1. The smallest absolute Gasteiger partial charge is 0.256 e. The van der Waals surface area contributed by atoms with Crippen molar-refractivity contribution in [1.29, 1.82) is 0 Å². The van der Waals surface area contributed by atoms with Crippen LogP contribution in [0.1, 0.15) is 11.3 Å². The number of aromatic amines is 1. The van der Waals surface area contributed by atoms with Crippen molar-refractivity contribution in [1.82, 2.24) is 4.98 Å². The predicted octanol–water partition coefficient (Wildman–Crippen LogP) is 1.30. The molecule has 0 radical (unpaired) electrons. The summed E-state index contributed by atoms with van der Waals surface area (Å²) in [4.78, 5) is 14.3. The largest absolute Gasteiger partial charge is 0.325 e. The van der Waals surface area contributed by atoms with Gasteiger partial charge < -0.3 is 10.7 Å². The van der Waals surface area contributed by atoms with Crippen LogP contribution >= 0.6 is 0 Å². The molecule has 0 saturated carbocycles. The molecule has 3 N–H and O–H groups in total. The number of nitrogens with one attached hydrogen (secondary N) is 1. The van der Waals surface area contributed by atoms with Gasteiger partial charge in [-0.15, -0.1) is 0 Å². The van der Waals surface area contributed by atoms with Crippen LogP contribution in [0.5, 0.6) is 0 Å². The lowest BCUT2D eigenvalue weighted by Gasteiger charge is -2.01. The normalized spacial score (nSPS) is 10.7. The maximum absolute atomic E-state index is 11.6.